The molecule has 0 unspecified atom stereocenters. The Balaban J connectivity index is 1.13. The van der Waals surface area contributed by atoms with Gasteiger partial charge < -0.3 is 4.90 Å². The first-order valence-corrected chi connectivity index (χ1v) is 21.7. The third-order valence-electron chi connectivity index (χ3n) is 13.4. The van der Waals surface area contributed by atoms with Crippen molar-refractivity contribution in [1.29, 1.82) is 0 Å². The zero-order valence-electron chi connectivity index (χ0n) is 34.8. The molecule has 11 aromatic carbocycles. The first-order chi connectivity index (χ1) is 30.5. The van der Waals surface area contributed by atoms with Gasteiger partial charge in [-0.05, 0) is 142 Å². The van der Waals surface area contributed by atoms with E-state index in [1.54, 1.807) is 0 Å². The van der Waals surface area contributed by atoms with Gasteiger partial charge in [-0.3, -0.25) is 0 Å². The van der Waals surface area contributed by atoms with Crippen LogP contribution in [0.3, 0.4) is 0 Å². The van der Waals surface area contributed by atoms with Crippen LogP contribution >= 0.6 is 0 Å². The molecule has 1 nitrogen and oxygen atoms in total. The summed E-state index contributed by atoms with van der Waals surface area (Å²) in [6.45, 7) is 4.74. The molecule has 292 valence electrons. The van der Waals surface area contributed by atoms with Crippen LogP contribution in [-0.2, 0) is 5.41 Å². The highest BCUT2D eigenvalue weighted by Gasteiger charge is 2.36. The van der Waals surface area contributed by atoms with Gasteiger partial charge in [-0.25, -0.2) is 0 Å². The summed E-state index contributed by atoms with van der Waals surface area (Å²) in [7, 11) is 0. The topological polar surface area (TPSA) is 3.24 Å². The minimum Gasteiger partial charge on any atom is -0.310 e. The number of nitrogens with zero attached hydrogens (tertiary/aromatic N) is 1. The third kappa shape index (κ3) is 5.77. The first-order valence-electron chi connectivity index (χ1n) is 21.7. The van der Waals surface area contributed by atoms with Crippen molar-refractivity contribution in [1.82, 2.24) is 0 Å². The van der Waals surface area contributed by atoms with Gasteiger partial charge >= 0.3 is 0 Å². The molecule has 11 aromatic rings. The fraction of sp³-hybridized carbons (Fsp3) is 0.0492. The maximum absolute atomic E-state index is 2.50. The van der Waals surface area contributed by atoms with E-state index in [-0.39, 0.29) is 5.41 Å². The van der Waals surface area contributed by atoms with Crippen molar-refractivity contribution in [2.24, 2.45) is 0 Å². The van der Waals surface area contributed by atoms with Crippen LogP contribution in [-0.4, -0.2) is 0 Å². The molecule has 0 radical (unpaired) electrons. The van der Waals surface area contributed by atoms with Crippen LogP contribution in [0.15, 0.2) is 224 Å². The Labute approximate surface area is 362 Å². The van der Waals surface area contributed by atoms with Crippen molar-refractivity contribution in [2.45, 2.75) is 19.3 Å². The Bertz CT molecular complexity index is 3550. The fourth-order valence-electron chi connectivity index (χ4n) is 10.3. The summed E-state index contributed by atoms with van der Waals surface area (Å²) in [6, 6.07) is 83.3. The fourth-order valence-corrected chi connectivity index (χ4v) is 10.3. The monoisotopic (exact) mass is 789 g/mol. The molecular formula is C61H43N. The molecule has 0 saturated heterocycles. The van der Waals surface area contributed by atoms with Gasteiger partial charge in [-0.1, -0.05) is 190 Å². The summed E-state index contributed by atoms with van der Waals surface area (Å²) in [4.78, 5) is 2.50. The summed E-state index contributed by atoms with van der Waals surface area (Å²) < 4.78 is 0. The molecule has 0 atom stereocenters. The summed E-state index contributed by atoms with van der Waals surface area (Å²) >= 11 is 0. The smallest absolute Gasteiger partial charge is 0.0546 e. The standard InChI is InChI=1S/C61H43N/c1-61(2)57-24-12-11-22-53(57)54-35-34-49(39-58(54)61)62(48-32-30-42(31-33-48)45-28-26-40-14-3-5-16-43(40)36-45)59-25-13-23-55(60(59)47-29-27-41-15-4-6-17-44(41)37-47)56-38-46-18-7-8-19-50(46)51-20-9-10-21-52(51)56/h3-39H,1-2H3. The SMILES string of the molecule is CC1(C)c2ccccc2-c2ccc(N(c3ccc(-c4ccc5ccccc5c4)cc3)c3cccc(-c4cc5ccccc5c5ccccc45)c3-c3ccc4ccccc4c3)cc21. The lowest BCUT2D eigenvalue weighted by atomic mass is 9.82. The van der Waals surface area contributed by atoms with E-state index in [1.165, 1.54) is 98.7 Å². The highest BCUT2D eigenvalue weighted by atomic mass is 15.1. The average Bonchev–Trinajstić information content (AvgIpc) is 3.56. The molecule has 0 aromatic heterocycles. The molecule has 0 fully saturated rings. The maximum atomic E-state index is 2.50. The Morgan fingerprint density at radius 1 is 0.306 bits per heavy atom. The van der Waals surface area contributed by atoms with Crippen LogP contribution in [0, 0.1) is 0 Å². The van der Waals surface area contributed by atoms with Gasteiger partial charge in [0.05, 0.1) is 5.69 Å². The zero-order chi connectivity index (χ0) is 41.4. The Kier molecular flexibility index (Phi) is 8.27. The first kappa shape index (κ1) is 36.1. The molecule has 1 aliphatic carbocycles. The molecule has 1 aliphatic rings. The Hall–Kier alpha value is -7.74. The van der Waals surface area contributed by atoms with Crippen LogP contribution < -0.4 is 4.90 Å². The molecule has 12 rings (SSSR count). The summed E-state index contributed by atoms with van der Waals surface area (Å²) in [5.74, 6) is 0. The van der Waals surface area contributed by atoms with Gasteiger partial charge in [0.1, 0.15) is 0 Å². The van der Waals surface area contributed by atoms with Crippen molar-refractivity contribution in [2.75, 3.05) is 4.90 Å². The van der Waals surface area contributed by atoms with Crippen LogP contribution in [0.4, 0.5) is 17.1 Å². The van der Waals surface area contributed by atoms with E-state index < -0.39 is 0 Å². The molecule has 1 heteroatoms. The van der Waals surface area contributed by atoms with Gasteiger partial charge in [0.15, 0.2) is 0 Å². The van der Waals surface area contributed by atoms with Crippen LogP contribution in [0.5, 0.6) is 0 Å². The van der Waals surface area contributed by atoms with Crippen LogP contribution in [0.1, 0.15) is 25.0 Å². The van der Waals surface area contributed by atoms with E-state index >= 15 is 0 Å². The van der Waals surface area contributed by atoms with Crippen molar-refractivity contribution >= 4 is 60.2 Å². The second-order valence-corrected chi connectivity index (χ2v) is 17.3. The minimum atomic E-state index is -0.152. The molecular weight excluding hydrogens is 747 g/mol. The number of hydrogen-bond acceptors (Lipinski definition) is 1. The third-order valence-corrected chi connectivity index (χ3v) is 13.4. The molecule has 0 heterocycles. The van der Waals surface area contributed by atoms with Gasteiger partial charge in [0.25, 0.3) is 0 Å². The Morgan fingerprint density at radius 3 is 1.61 bits per heavy atom. The summed E-state index contributed by atoms with van der Waals surface area (Å²) in [6.07, 6.45) is 0. The van der Waals surface area contributed by atoms with Crippen molar-refractivity contribution in [3.8, 4) is 44.5 Å². The van der Waals surface area contributed by atoms with Crippen molar-refractivity contribution in [3.05, 3.63) is 236 Å². The lowest BCUT2D eigenvalue weighted by molar-refractivity contribution is 0.660. The number of fused-ring (bicyclic) bond motifs is 8. The normalized spacial score (nSPS) is 12.8. The quantitative estimate of drug-likeness (QED) is 0.152. The lowest BCUT2D eigenvalue weighted by Gasteiger charge is -2.31. The molecule has 0 spiro atoms. The minimum absolute atomic E-state index is 0.152. The van der Waals surface area contributed by atoms with E-state index in [0.717, 1.165) is 17.1 Å². The van der Waals surface area contributed by atoms with Gasteiger partial charge in [-0.2, -0.15) is 0 Å². The van der Waals surface area contributed by atoms with Crippen LogP contribution in [0.25, 0.3) is 87.6 Å². The van der Waals surface area contributed by atoms with E-state index in [0.29, 0.717) is 0 Å². The molecule has 0 saturated carbocycles. The number of hydrogen-bond donors (Lipinski definition) is 0. The second kappa shape index (κ2) is 14.2. The molecule has 0 aliphatic heterocycles. The van der Waals surface area contributed by atoms with Crippen molar-refractivity contribution < 1.29 is 0 Å². The molecule has 0 N–H and O–H groups in total. The second-order valence-electron chi connectivity index (χ2n) is 17.3. The number of benzene rings is 11. The van der Waals surface area contributed by atoms with Gasteiger partial charge in [-0.15, -0.1) is 0 Å². The lowest BCUT2D eigenvalue weighted by Crippen LogP contribution is -2.17. The predicted octanol–water partition coefficient (Wildman–Crippen LogP) is 17.1. The molecule has 0 bridgehead atoms. The Morgan fingerprint density at radius 2 is 0.855 bits per heavy atom. The predicted molar refractivity (Wildman–Crippen MR) is 265 cm³/mol. The van der Waals surface area contributed by atoms with E-state index in [2.05, 4.69) is 243 Å². The van der Waals surface area contributed by atoms with Crippen molar-refractivity contribution in [3.63, 3.8) is 0 Å². The van der Waals surface area contributed by atoms with Gasteiger partial charge in [0, 0.05) is 22.4 Å². The van der Waals surface area contributed by atoms with E-state index in [4.69, 9.17) is 0 Å². The van der Waals surface area contributed by atoms with Crippen LogP contribution in [0.2, 0.25) is 0 Å². The largest absolute Gasteiger partial charge is 0.310 e. The average molecular weight is 790 g/mol. The zero-order valence-corrected chi connectivity index (χ0v) is 34.8. The highest BCUT2D eigenvalue weighted by molar-refractivity contribution is 6.16. The number of rotatable bonds is 6. The maximum Gasteiger partial charge on any atom is 0.0546 e. The molecule has 62 heavy (non-hydrogen) atoms. The summed E-state index contributed by atoms with van der Waals surface area (Å²) in [5, 5.41) is 9.95. The number of anilines is 3. The molecule has 0 amide bonds. The van der Waals surface area contributed by atoms with E-state index in [1.807, 2.05) is 0 Å². The van der Waals surface area contributed by atoms with E-state index in [9.17, 15) is 0 Å². The summed E-state index contributed by atoms with van der Waals surface area (Å²) in [5.41, 5.74) is 15.8. The van der Waals surface area contributed by atoms with Gasteiger partial charge in [0.2, 0.25) is 0 Å². The highest BCUT2D eigenvalue weighted by Crippen LogP contribution is 2.53.